The maximum absolute atomic E-state index is 11.1. The zero-order valence-electron chi connectivity index (χ0n) is 16.0. The molecule has 0 fully saturated rings. The predicted molar refractivity (Wildman–Crippen MR) is 101 cm³/mol. The van der Waals surface area contributed by atoms with Crippen LogP contribution in [0.4, 0.5) is 5.69 Å². The number of nitrogens with one attached hydrogen (secondary N) is 1. The van der Waals surface area contributed by atoms with Crippen molar-refractivity contribution in [3.63, 3.8) is 0 Å². The van der Waals surface area contributed by atoms with E-state index in [0.29, 0.717) is 0 Å². The molecule has 0 spiro atoms. The van der Waals surface area contributed by atoms with Crippen LogP contribution >= 0.6 is 0 Å². The third kappa shape index (κ3) is 6.16. The predicted octanol–water partition coefficient (Wildman–Crippen LogP) is 3.78. The largest absolute Gasteiger partial charge is 0.490 e. The molecule has 5 heteroatoms. The molecule has 0 radical (unpaired) electrons. The minimum absolute atomic E-state index is 0.00286. The number of allylic oxidation sites excluding steroid dienone is 3. The van der Waals surface area contributed by atoms with Crippen LogP contribution in [-0.4, -0.2) is 25.6 Å². The summed E-state index contributed by atoms with van der Waals surface area (Å²) in [6.07, 6.45) is 7.28. The standard InChI is InChI=1S/C17H24N2O3.C2H6/c1-6-9-18(4)10-8-14(7-2)15-12-17(22-5)16(19(20)21)11-13(15)3;1-2/h7-8,10-12H,6,9H2,1-5H3;1-2H3/p+1/b10-8-,14-7+;. The summed E-state index contributed by atoms with van der Waals surface area (Å²) >= 11 is 0. The van der Waals surface area contributed by atoms with Gasteiger partial charge in [0, 0.05) is 6.07 Å². The van der Waals surface area contributed by atoms with Gasteiger partial charge in [-0.25, -0.2) is 0 Å². The minimum Gasteiger partial charge on any atom is -0.490 e. The number of benzene rings is 1. The van der Waals surface area contributed by atoms with E-state index in [-0.39, 0.29) is 11.4 Å². The lowest BCUT2D eigenvalue weighted by atomic mass is 9.99. The summed E-state index contributed by atoms with van der Waals surface area (Å²) in [7, 11) is 3.56. The maximum Gasteiger partial charge on any atom is 0.311 e. The average Bonchev–Trinajstić information content (AvgIpc) is 2.58. The molecule has 0 saturated carbocycles. The van der Waals surface area contributed by atoms with Crippen LogP contribution in [0.5, 0.6) is 5.75 Å². The first-order chi connectivity index (χ1) is 11.4. The van der Waals surface area contributed by atoms with Crippen molar-refractivity contribution < 1.29 is 14.6 Å². The van der Waals surface area contributed by atoms with Crippen LogP contribution in [0.2, 0.25) is 0 Å². The second-order valence-corrected chi connectivity index (χ2v) is 5.27. The molecule has 0 amide bonds. The SMILES string of the molecule is C/C=C(\C=C/[NH+](C)CCC)c1cc(OC)c([N+](=O)[O-])cc1C.CC. The van der Waals surface area contributed by atoms with Gasteiger partial charge in [0.05, 0.1) is 31.8 Å². The van der Waals surface area contributed by atoms with Crippen LogP contribution in [0.3, 0.4) is 0 Å². The number of ether oxygens (including phenoxy) is 1. The van der Waals surface area contributed by atoms with Gasteiger partial charge in [-0.15, -0.1) is 0 Å². The molecule has 0 saturated heterocycles. The Morgan fingerprint density at radius 1 is 1.38 bits per heavy atom. The molecule has 0 heterocycles. The summed E-state index contributed by atoms with van der Waals surface area (Å²) in [4.78, 5) is 12.0. The molecule has 5 nitrogen and oxygen atoms in total. The number of hydrogen-bond donors (Lipinski definition) is 1. The van der Waals surface area contributed by atoms with Crippen LogP contribution in [0.1, 0.15) is 45.2 Å². The lowest BCUT2D eigenvalue weighted by molar-refractivity contribution is -0.824. The highest BCUT2D eigenvalue weighted by Crippen LogP contribution is 2.33. The van der Waals surface area contributed by atoms with E-state index < -0.39 is 4.92 Å². The van der Waals surface area contributed by atoms with Crippen molar-refractivity contribution in [1.82, 2.24) is 0 Å². The van der Waals surface area contributed by atoms with E-state index in [2.05, 4.69) is 26.2 Å². The number of nitro groups is 1. The van der Waals surface area contributed by atoms with Gasteiger partial charge in [-0.2, -0.15) is 0 Å². The summed E-state index contributed by atoms with van der Waals surface area (Å²) < 4.78 is 5.16. The highest BCUT2D eigenvalue weighted by molar-refractivity contribution is 5.77. The number of aryl methyl sites for hydroxylation is 1. The van der Waals surface area contributed by atoms with Crippen LogP contribution in [-0.2, 0) is 0 Å². The molecule has 1 atom stereocenters. The molecule has 0 aliphatic heterocycles. The van der Waals surface area contributed by atoms with E-state index >= 15 is 0 Å². The fourth-order valence-electron chi connectivity index (χ4n) is 2.34. The molecule has 1 aromatic rings. The van der Waals surface area contributed by atoms with Crippen molar-refractivity contribution in [2.24, 2.45) is 0 Å². The zero-order valence-corrected chi connectivity index (χ0v) is 16.0. The molecule has 0 aliphatic rings. The van der Waals surface area contributed by atoms with E-state index in [1.165, 1.54) is 12.0 Å². The van der Waals surface area contributed by atoms with Crippen LogP contribution < -0.4 is 9.64 Å². The second-order valence-electron chi connectivity index (χ2n) is 5.27. The Morgan fingerprint density at radius 3 is 2.46 bits per heavy atom. The minimum atomic E-state index is -0.417. The number of quaternary nitrogens is 1. The van der Waals surface area contributed by atoms with Gasteiger partial charge in [0.1, 0.15) is 0 Å². The Hall–Kier alpha value is -2.14. The molecule has 1 N–H and O–H groups in total. The van der Waals surface area contributed by atoms with Gasteiger partial charge in [-0.1, -0.05) is 26.8 Å². The monoisotopic (exact) mass is 335 g/mol. The summed E-state index contributed by atoms with van der Waals surface area (Å²) in [6, 6.07) is 3.30. The fourth-order valence-corrected chi connectivity index (χ4v) is 2.34. The van der Waals surface area contributed by atoms with Gasteiger partial charge in [-0.3, -0.25) is 10.1 Å². The molecular formula is C19H31N2O3+. The smallest absolute Gasteiger partial charge is 0.311 e. The van der Waals surface area contributed by atoms with Crippen molar-refractivity contribution in [1.29, 1.82) is 0 Å². The normalized spacial score (nSPS) is 12.5. The van der Waals surface area contributed by atoms with Gasteiger partial charge >= 0.3 is 5.69 Å². The third-order valence-electron chi connectivity index (χ3n) is 3.54. The first-order valence-electron chi connectivity index (χ1n) is 8.44. The van der Waals surface area contributed by atoms with Gasteiger partial charge in [0.15, 0.2) is 5.75 Å². The lowest BCUT2D eigenvalue weighted by Gasteiger charge is -2.11. The number of nitrogens with zero attached hydrogens (tertiary/aromatic N) is 1. The Morgan fingerprint density at radius 2 is 2.00 bits per heavy atom. The van der Waals surface area contributed by atoms with E-state index in [1.807, 2.05) is 33.8 Å². The van der Waals surface area contributed by atoms with E-state index in [9.17, 15) is 10.1 Å². The Kier molecular flexibility index (Phi) is 10.4. The maximum atomic E-state index is 11.1. The van der Waals surface area contributed by atoms with E-state index in [1.54, 1.807) is 12.1 Å². The second kappa shape index (κ2) is 11.4. The number of methoxy groups -OCH3 is 1. The van der Waals surface area contributed by atoms with Gasteiger partial charge in [0.2, 0.25) is 0 Å². The topological polar surface area (TPSA) is 56.8 Å². The van der Waals surface area contributed by atoms with Crippen molar-refractivity contribution in [2.75, 3.05) is 20.7 Å². The van der Waals surface area contributed by atoms with Crippen molar-refractivity contribution >= 4 is 11.3 Å². The Balaban J connectivity index is 0.00000254. The van der Waals surface area contributed by atoms with Crippen LogP contribution in [0.15, 0.2) is 30.5 Å². The third-order valence-corrected chi connectivity index (χ3v) is 3.54. The molecule has 0 bridgehead atoms. The summed E-state index contributed by atoms with van der Waals surface area (Å²) in [5.41, 5.74) is 2.84. The van der Waals surface area contributed by atoms with Crippen LogP contribution in [0, 0.1) is 17.0 Å². The van der Waals surface area contributed by atoms with Gasteiger partial charge in [-0.05, 0) is 49.1 Å². The number of hydrogen-bond acceptors (Lipinski definition) is 3. The molecule has 0 aromatic heterocycles. The Labute approximate surface area is 145 Å². The molecule has 24 heavy (non-hydrogen) atoms. The van der Waals surface area contributed by atoms with Gasteiger partial charge in [0.25, 0.3) is 0 Å². The molecule has 1 aromatic carbocycles. The summed E-state index contributed by atoms with van der Waals surface area (Å²) in [5.74, 6) is 0.285. The zero-order chi connectivity index (χ0) is 18.7. The average molecular weight is 335 g/mol. The van der Waals surface area contributed by atoms with E-state index in [4.69, 9.17) is 4.74 Å². The highest BCUT2D eigenvalue weighted by atomic mass is 16.6. The molecule has 0 aliphatic carbocycles. The van der Waals surface area contributed by atoms with Crippen molar-refractivity contribution in [2.45, 2.75) is 41.0 Å². The molecule has 134 valence electrons. The highest BCUT2D eigenvalue weighted by Gasteiger charge is 2.18. The molecule has 1 unspecified atom stereocenters. The fraction of sp³-hybridized carbons (Fsp3) is 0.474. The summed E-state index contributed by atoms with van der Waals surface area (Å²) in [5, 5.41) is 11.1. The number of nitro benzene ring substituents is 1. The molecular weight excluding hydrogens is 304 g/mol. The van der Waals surface area contributed by atoms with Gasteiger partial charge < -0.3 is 9.64 Å². The number of rotatable bonds is 7. The Bertz CT molecular complexity index is 593. The lowest BCUT2D eigenvalue weighted by Crippen LogP contribution is -3.04. The summed E-state index contributed by atoms with van der Waals surface area (Å²) in [6.45, 7) is 11.1. The van der Waals surface area contributed by atoms with Crippen molar-refractivity contribution in [3.05, 3.63) is 51.7 Å². The molecule has 1 rings (SSSR count). The first-order valence-corrected chi connectivity index (χ1v) is 8.44. The first kappa shape index (κ1) is 21.9. The van der Waals surface area contributed by atoms with Crippen molar-refractivity contribution in [3.8, 4) is 5.75 Å². The van der Waals surface area contributed by atoms with E-state index in [0.717, 1.165) is 29.7 Å². The van der Waals surface area contributed by atoms with Crippen LogP contribution in [0.25, 0.3) is 5.57 Å². The quantitative estimate of drug-likeness (QED) is 0.469.